The Labute approximate surface area is 160 Å². The summed E-state index contributed by atoms with van der Waals surface area (Å²) >= 11 is 0. The first kappa shape index (κ1) is 20.9. The maximum Gasteiger partial charge on any atom is 0.405 e. The van der Waals surface area contributed by atoms with E-state index in [4.69, 9.17) is 15.7 Å². The second-order valence-electron chi connectivity index (χ2n) is 8.13. The second kappa shape index (κ2) is 8.53. The molecule has 0 aliphatic carbocycles. The lowest BCUT2D eigenvalue weighted by atomic mass is 9.78. The Bertz CT molecular complexity index is 692. The summed E-state index contributed by atoms with van der Waals surface area (Å²) in [6.45, 7) is 10.9. The van der Waals surface area contributed by atoms with Crippen LogP contribution in [0.4, 0.5) is 10.7 Å². The number of nitrogens with two attached hydrogens (primary N) is 1. The first-order valence-electron chi connectivity index (χ1n) is 9.19. The monoisotopic (exact) mass is 375 g/mol. The molecule has 148 valence electrons. The van der Waals surface area contributed by atoms with Crippen molar-refractivity contribution in [3.05, 3.63) is 17.5 Å². The van der Waals surface area contributed by atoms with Gasteiger partial charge in [0, 0.05) is 25.4 Å². The van der Waals surface area contributed by atoms with Gasteiger partial charge in [-0.05, 0) is 58.4 Å². The van der Waals surface area contributed by atoms with Gasteiger partial charge in [0.2, 0.25) is 5.95 Å². The van der Waals surface area contributed by atoms with Crippen molar-refractivity contribution in [2.45, 2.75) is 52.6 Å². The minimum Gasteiger partial charge on any atom is -0.444 e. The summed E-state index contributed by atoms with van der Waals surface area (Å²) in [4.78, 5) is 21.0. The van der Waals surface area contributed by atoms with Crippen LogP contribution in [0.2, 0.25) is 0 Å². The number of ether oxygens (including phenoxy) is 2. The van der Waals surface area contributed by atoms with Gasteiger partial charge in [-0.1, -0.05) is 0 Å². The fraction of sp³-hybridized carbons (Fsp3) is 0.684. The summed E-state index contributed by atoms with van der Waals surface area (Å²) in [5.41, 5.74) is 5.96. The summed E-state index contributed by atoms with van der Waals surface area (Å²) in [6, 6.07) is 3.82. The standard InChI is InChI=1S/C14H18N4O.C5H11NO2/c1-11-8-12(9-15)17-13(16-11)18-5-2-14(3-6-18)4-7-19-10-14;1-5(2,3)8-4(6)7/h8H,2-7,10H2,1H3;1-3H3,(H2,6,7). The predicted octanol–water partition coefficient (Wildman–Crippen LogP) is 2.54. The summed E-state index contributed by atoms with van der Waals surface area (Å²) < 4.78 is 10.1. The minimum absolute atomic E-state index is 0.387. The van der Waals surface area contributed by atoms with Gasteiger partial charge in [-0.2, -0.15) is 5.26 Å². The van der Waals surface area contributed by atoms with E-state index in [-0.39, 0.29) is 0 Å². The number of carbonyl (C=O) groups excluding carboxylic acids is 1. The fourth-order valence-corrected chi connectivity index (χ4v) is 3.28. The molecule has 8 nitrogen and oxygen atoms in total. The van der Waals surface area contributed by atoms with Crippen molar-refractivity contribution in [1.82, 2.24) is 9.97 Å². The normalized spacial score (nSPS) is 18.4. The van der Waals surface area contributed by atoms with Gasteiger partial charge in [-0.3, -0.25) is 0 Å². The number of primary amides is 1. The van der Waals surface area contributed by atoms with E-state index in [0.717, 1.165) is 44.8 Å². The number of rotatable bonds is 1. The molecule has 2 aliphatic heterocycles. The molecular weight excluding hydrogens is 346 g/mol. The maximum atomic E-state index is 10.0. The van der Waals surface area contributed by atoms with Crippen LogP contribution in [0.1, 0.15) is 51.4 Å². The molecule has 1 aromatic rings. The molecule has 0 aromatic carbocycles. The molecule has 1 spiro atoms. The van der Waals surface area contributed by atoms with Gasteiger partial charge in [0.15, 0.2) is 0 Å². The largest absolute Gasteiger partial charge is 0.444 e. The number of aryl methyl sites for hydroxylation is 1. The predicted molar refractivity (Wildman–Crippen MR) is 101 cm³/mol. The van der Waals surface area contributed by atoms with Gasteiger partial charge in [-0.25, -0.2) is 14.8 Å². The summed E-state index contributed by atoms with van der Waals surface area (Å²) in [5.74, 6) is 0.699. The molecule has 0 bridgehead atoms. The van der Waals surface area contributed by atoms with Gasteiger partial charge >= 0.3 is 6.09 Å². The number of anilines is 1. The Hall–Kier alpha value is -2.40. The molecule has 3 rings (SSSR count). The zero-order valence-electron chi connectivity index (χ0n) is 16.6. The number of amides is 1. The molecule has 3 heterocycles. The first-order valence-corrected chi connectivity index (χ1v) is 9.19. The molecule has 2 saturated heterocycles. The summed E-state index contributed by atoms with van der Waals surface area (Å²) in [7, 11) is 0. The molecule has 0 saturated carbocycles. The topological polar surface area (TPSA) is 114 Å². The fourth-order valence-electron chi connectivity index (χ4n) is 3.28. The Morgan fingerprint density at radius 1 is 1.33 bits per heavy atom. The third kappa shape index (κ3) is 6.36. The minimum atomic E-state index is -0.725. The summed E-state index contributed by atoms with van der Waals surface area (Å²) in [5, 5.41) is 8.98. The quantitative estimate of drug-likeness (QED) is 0.802. The lowest BCUT2D eigenvalue weighted by molar-refractivity contribution is 0.0600. The van der Waals surface area contributed by atoms with Crippen molar-refractivity contribution in [1.29, 1.82) is 5.26 Å². The Morgan fingerprint density at radius 2 is 2.00 bits per heavy atom. The van der Waals surface area contributed by atoms with Gasteiger partial charge in [0.05, 0.1) is 6.61 Å². The van der Waals surface area contributed by atoms with E-state index < -0.39 is 11.7 Å². The number of hydrogen-bond donors (Lipinski definition) is 1. The van der Waals surface area contributed by atoms with Crippen LogP contribution in [0.5, 0.6) is 0 Å². The van der Waals surface area contributed by atoms with Crippen molar-refractivity contribution in [3.8, 4) is 6.07 Å². The van der Waals surface area contributed by atoms with Crippen LogP contribution < -0.4 is 10.6 Å². The molecular formula is C19H29N5O3. The van der Waals surface area contributed by atoms with Gasteiger partial charge in [0.25, 0.3) is 0 Å². The van der Waals surface area contributed by atoms with Crippen LogP contribution in [0.15, 0.2) is 6.07 Å². The third-order valence-electron chi connectivity index (χ3n) is 4.66. The van der Waals surface area contributed by atoms with Crippen molar-refractivity contribution < 1.29 is 14.3 Å². The summed E-state index contributed by atoms with van der Waals surface area (Å²) in [6.07, 6.45) is 2.72. The molecule has 2 fully saturated rings. The molecule has 0 atom stereocenters. The van der Waals surface area contributed by atoms with Gasteiger partial charge in [-0.15, -0.1) is 0 Å². The maximum absolute atomic E-state index is 10.0. The SMILES string of the molecule is CC(C)(C)OC(N)=O.Cc1cc(C#N)nc(N2CCC3(CCOC3)CC2)n1. The Kier molecular flexibility index (Phi) is 6.60. The van der Waals surface area contributed by atoms with E-state index in [1.54, 1.807) is 26.8 Å². The van der Waals surface area contributed by atoms with Crippen molar-refractivity contribution >= 4 is 12.0 Å². The third-order valence-corrected chi connectivity index (χ3v) is 4.66. The number of nitrogens with zero attached hydrogens (tertiary/aromatic N) is 4. The van der Waals surface area contributed by atoms with Crippen molar-refractivity contribution in [2.75, 3.05) is 31.2 Å². The lowest BCUT2D eigenvalue weighted by Crippen LogP contribution is -2.41. The van der Waals surface area contributed by atoms with E-state index >= 15 is 0 Å². The van der Waals surface area contributed by atoms with Crippen LogP contribution >= 0.6 is 0 Å². The van der Waals surface area contributed by atoms with Crippen LogP contribution in [-0.4, -0.2) is 48.0 Å². The number of nitriles is 1. The smallest absolute Gasteiger partial charge is 0.405 e. The van der Waals surface area contributed by atoms with E-state index in [1.165, 1.54) is 6.42 Å². The highest BCUT2D eigenvalue weighted by atomic mass is 16.6. The van der Waals surface area contributed by atoms with Crippen molar-refractivity contribution in [3.63, 3.8) is 0 Å². The zero-order chi connectivity index (χ0) is 20.1. The average molecular weight is 375 g/mol. The van der Waals surface area contributed by atoms with Crippen LogP contribution in [0.25, 0.3) is 0 Å². The number of hydrogen-bond acceptors (Lipinski definition) is 7. The molecule has 1 aromatic heterocycles. The first-order chi connectivity index (χ1) is 12.6. The molecule has 0 radical (unpaired) electrons. The highest BCUT2D eigenvalue weighted by Crippen LogP contribution is 2.39. The zero-order valence-corrected chi connectivity index (χ0v) is 16.6. The van der Waals surface area contributed by atoms with Crippen LogP contribution in [-0.2, 0) is 9.47 Å². The highest BCUT2D eigenvalue weighted by molar-refractivity contribution is 5.65. The Balaban J connectivity index is 0.000000279. The number of piperidine rings is 1. The molecule has 27 heavy (non-hydrogen) atoms. The van der Waals surface area contributed by atoms with Gasteiger partial charge in [0.1, 0.15) is 17.4 Å². The lowest BCUT2D eigenvalue weighted by Gasteiger charge is -2.38. The number of carbonyl (C=O) groups is 1. The molecule has 8 heteroatoms. The second-order valence-corrected chi connectivity index (χ2v) is 8.13. The molecule has 1 amide bonds. The van der Waals surface area contributed by atoms with Gasteiger partial charge < -0.3 is 20.1 Å². The number of aromatic nitrogens is 2. The molecule has 2 N–H and O–H groups in total. The van der Waals surface area contributed by atoms with E-state index in [9.17, 15) is 4.79 Å². The van der Waals surface area contributed by atoms with Crippen LogP contribution in [0, 0.1) is 23.7 Å². The van der Waals surface area contributed by atoms with Crippen LogP contribution in [0.3, 0.4) is 0 Å². The van der Waals surface area contributed by atoms with E-state index in [0.29, 0.717) is 17.1 Å². The molecule has 2 aliphatic rings. The Morgan fingerprint density at radius 3 is 2.44 bits per heavy atom. The van der Waals surface area contributed by atoms with E-state index in [1.807, 2.05) is 6.92 Å². The molecule has 0 unspecified atom stereocenters. The van der Waals surface area contributed by atoms with Crippen molar-refractivity contribution in [2.24, 2.45) is 11.1 Å². The highest BCUT2D eigenvalue weighted by Gasteiger charge is 2.38. The van der Waals surface area contributed by atoms with E-state index in [2.05, 4.69) is 25.7 Å². The average Bonchev–Trinajstić information content (AvgIpc) is 3.01.